The van der Waals surface area contributed by atoms with Crippen LogP contribution < -0.4 is 10.2 Å². The van der Waals surface area contributed by atoms with Crippen molar-refractivity contribution in [2.75, 3.05) is 31.1 Å². The van der Waals surface area contributed by atoms with Gasteiger partial charge < -0.3 is 15.1 Å². The van der Waals surface area contributed by atoms with E-state index in [1.54, 1.807) is 12.1 Å². The van der Waals surface area contributed by atoms with Gasteiger partial charge in [-0.05, 0) is 25.0 Å². The van der Waals surface area contributed by atoms with E-state index in [2.05, 4.69) is 24.1 Å². The summed E-state index contributed by atoms with van der Waals surface area (Å²) in [5.74, 6) is 0.403. The van der Waals surface area contributed by atoms with Crippen molar-refractivity contribution in [2.24, 2.45) is 5.92 Å². The maximum Gasteiger partial charge on any atom is 0.317 e. The summed E-state index contributed by atoms with van der Waals surface area (Å²) in [6.07, 6.45) is 0. The number of rotatable bonds is 4. The summed E-state index contributed by atoms with van der Waals surface area (Å²) in [4.78, 5) is 26.4. The molecule has 2 amide bonds. The third kappa shape index (κ3) is 4.34. The molecule has 7 nitrogen and oxygen atoms in total. The zero-order chi connectivity index (χ0) is 17.0. The minimum Gasteiger partial charge on any atom is -0.368 e. The van der Waals surface area contributed by atoms with Crippen LogP contribution in [-0.4, -0.2) is 48.1 Å². The summed E-state index contributed by atoms with van der Waals surface area (Å²) >= 11 is 0. The molecule has 1 saturated heterocycles. The Kier molecular flexibility index (Phi) is 5.41. The standard InChI is InChI=1S/C16H24N4O3/c1-12(2)13(3)17-16(21)19-10-8-18(9-11-19)14-4-6-15(7-5-14)20(22)23/h4-7,12-13H,8-11H2,1-3H3,(H,17,21). The SMILES string of the molecule is CC(C)C(C)NC(=O)N1CCN(c2ccc([N+](=O)[O-])cc2)CC1. The van der Waals surface area contributed by atoms with Gasteiger partial charge in [0, 0.05) is 50.0 Å². The Morgan fingerprint density at radius 2 is 1.70 bits per heavy atom. The highest BCUT2D eigenvalue weighted by Gasteiger charge is 2.23. The number of carbonyl (C=O) groups is 1. The molecule has 1 fully saturated rings. The number of anilines is 1. The van der Waals surface area contributed by atoms with E-state index in [0.717, 1.165) is 18.8 Å². The van der Waals surface area contributed by atoms with Crippen LogP contribution in [0.5, 0.6) is 0 Å². The van der Waals surface area contributed by atoms with E-state index in [1.807, 2.05) is 11.8 Å². The number of piperazine rings is 1. The number of non-ortho nitro benzene ring substituents is 1. The second-order valence-corrected chi connectivity index (χ2v) is 6.23. The van der Waals surface area contributed by atoms with Gasteiger partial charge >= 0.3 is 6.03 Å². The van der Waals surface area contributed by atoms with Crippen LogP contribution in [0.15, 0.2) is 24.3 Å². The number of nitrogens with one attached hydrogen (secondary N) is 1. The summed E-state index contributed by atoms with van der Waals surface area (Å²) in [6, 6.07) is 6.67. The molecule has 1 heterocycles. The van der Waals surface area contributed by atoms with Crippen LogP contribution in [0, 0.1) is 16.0 Å². The number of amides is 2. The van der Waals surface area contributed by atoms with Gasteiger partial charge in [0.1, 0.15) is 0 Å². The Hall–Kier alpha value is -2.31. The highest BCUT2D eigenvalue weighted by atomic mass is 16.6. The monoisotopic (exact) mass is 320 g/mol. The molecular formula is C16H24N4O3. The summed E-state index contributed by atoms with van der Waals surface area (Å²) in [6.45, 7) is 8.91. The zero-order valence-corrected chi connectivity index (χ0v) is 13.9. The molecular weight excluding hydrogens is 296 g/mol. The molecule has 1 unspecified atom stereocenters. The first kappa shape index (κ1) is 17.1. The second kappa shape index (κ2) is 7.30. The van der Waals surface area contributed by atoms with Gasteiger partial charge in [0.25, 0.3) is 5.69 Å². The van der Waals surface area contributed by atoms with Crippen LogP contribution in [0.4, 0.5) is 16.2 Å². The van der Waals surface area contributed by atoms with Crippen LogP contribution in [-0.2, 0) is 0 Å². The smallest absolute Gasteiger partial charge is 0.317 e. The Morgan fingerprint density at radius 1 is 1.13 bits per heavy atom. The van der Waals surface area contributed by atoms with Crippen LogP contribution in [0.2, 0.25) is 0 Å². The first-order valence-corrected chi connectivity index (χ1v) is 7.93. The number of nitrogens with zero attached hydrogens (tertiary/aromatic N) is 3. The Labute approximate surface area is 136 Å². The van der Waals surface area contributed by atoms with E-state index < -0.39 is 4.92 Å². The lowest BCUT2D eigenvalue weighted by molar-refractivity contribution is -0.384. The molecule has 7 heteroatoms. The van der Waals surface area contributed by atoms with Gasteiger partial charge in [-0.2, -0.15) is 0 Å². The van der Waals surface area contributed by atoms with Crippen molar-refractivity contribution in [1.82, 2.24) is 10.2 Å². The number of urea groups is 1. The van der Waals surface area contributed by atoms with Crippen LogP contribution in [0.25, 0.3) is 0 Å². The largest absolute Gasteiger partial charge is 0.368 e. The third-order valence-corrected chi connectivity index (χ3v) is 4.34. The minimum atomic E-state index is -0.401. The van der Waals surface area contributed by atoms with E-state index >= 15 is 0 Å². The molecule has 0 aliphatic carbocycles. The van der Waals surface area contributed by atoms with E-state index in [-0.39, 0.29) is 17.8 Å². The van der Waals surface area contributed by atoms with Crippen molar-refractivity contribution in [3.8, 4) is 0 Å². The fourth-order valence-corrected chi connectivity index (χ4v) is 2.41. The van der Waals surface area contributed by atoms with Gasteiger partial charge in [-0.15, -0.1) is 0 Å². The van der Waals surface area contributed by atoms with Crippen molar-refractivity contribution in [2.45, 2.75) is 26.8 Å². The summed E-state index contributed by atoms with van der Waals surface area (Å²) in [5, 5.41) is 13.7. The molecule has 0 radical (unpaired) electrons. The molecule has 1 atom stereocenters. The molecule has 1 aromatic rings. The normalized spacial score (nSPS) is 16.3. The Bertz CT molecular complexity index is 551. The number of nitro benzene ring substituents is 1. The lowest BCUT2D eigenvalue weighted by atomic mass is 10.1. The molecule has 0 bridgehead atoms. The first-order chi connectivity index (χ1) is 10.9. The fourth-order valence-electron chi connectivity index (χ4n) is 2.41. The minimum absolute atomic E-state index is 0.0189. The number of hydrogen-bond donors (Lipinski definition) is 1. The van der Waals surface area contributed by atoms with Crippen molar-refractivity contribution in [3.05, 3.63) is 34.4 Å². The van der Waals surface area contributed by atoms with Gasteiger partial charge in [-0.25, -0.2) is 4.79 Å². The molecule has 0 saturated carbocycles. The number of hydrogen-bond acceptors (Lipinski definition) is 4. The highest BCUT2D eigenvalue weighted by Crippen LogP contribution is 2.20. The lowest BCUT2D eigenvalue weighted by Crippen LogP contribution is -2.53. The van der Waals surface area contributed by atoms with Crippen LogP contribution in [0.3, 0.4) is 0 Å². The molecule has 2 rings (SSSR count). The fraction of sp³-hybridized carbons (Fsp3) is 0.562. The number of nitro groups is 1. The molecule has 1 aliphatic heterocycles. The number of carbonyl (C=O) groups excluding carboxylic acids is 1. The first-order valence-electron chi connectivity index (χ1n) is 7.93. The van der Waals surface area contributed by atoms with Crippen molar-refractivity contribution in [1.29, 1.82) is 0 Å². The highest BCUT2D eigenvalue weighted by molar-refractivity contribution is 5.75. The lowest BCUT2D eigenvalue weighted by Gasteiger charge is -2.36. The summed E-state index contributed by atoms with van der Waals surface area (Å²) in [5.41, 5.74) is 1.04. The van der Waals surface area contributed by atoms with Gasteiger partial charge in [0.15, 0.2) is 0 Å². The molecule has 1 N–H and O–H groups in total. The Balaban J connectivity index is 1.88. The predicted octanol–water partition coefficient (Wildman–Crippen LogP) is 2.47. The average molecular weight is 320 g/mol. The molecule has 1 aromatic carbocycles. The summed E-state index contributed by atoms with van der Waals surface area (Å²) < 4.78 is 0. The molecule has 1 aliphatic rings. The van der Waals surface area contributed by atoms with E-state index in [1.165, 1.54) is 12.1 Å². The summed E-state index contributed by atoms with van der Waals surface area (Å²) in [7, 11) is 0. The van der Waals surface area contributed by atoms with Crippen molar-refractivity contribution < 1.29 is 9.72 Å². The van der Waals surface area contributed by atoms with E-state index in [9.17, 15) is 14.9 Å². The topological polar surface area (TPSA) is 78.7 Å². The number of benzene rings is 1. The van der Waals surface area contributed by atoms with Crippen LogP contribution >= 0.6 is 0 Å². The molecule has 0 aromatic heterocycles. The zero-order valence-electron chi connectivity index (χ0n) is 13.9. The maximum atomic E-state index is 12.2. The average Bonchev–Trinajstić information content (AvgIpc) is 2.55. The van der Waals surface area contributed by atoms with E-state index in [4.69, 9.17) is 0 Å². The molecule has 23 heavy (non-hydrogen) atoms. The van der Waals surface area contributed by atoms with E-state index in [0.29, 0.717) is 19.0 Å². The quantitative estimate of drug-likeness (QED) is 0.683. The molecule has 0 spiro atoms. The van der Waals surface area contributed by atoms with Gasteiger partial charge in [0.2, 0.25) is 0 Å². The van der Waals surface area contributed by atoms with Gasteiger partial charge in [-0.1, -0.05) is 13.8 Å². The predicted molar refractivity (Wildman–Crippen MR) is 89.7 cm³/mol. The molecule has 126 valence electrons. The second-order valence-electron chi connectivity index (χ2n) is 6.23. The van der Waals surface area contributed by atoms with Crippen molar-refractivity contribution >= 4 is 17.4 Å². The third-order valence-electron chi connectivity index (χ3n) is 4.34. The van der Waals surface area contributed by atoms with Gasteiger partial charge in [0.05, 0.1) is 4.92 Å². The van der Waals surface area contributed by atoms with Crippen LogP contribution in [0.1, 0.15) is 20.8 Å². The maximum absolute atomic E-state index is 12.2. The van der Waals surface area contributed by atoms with Crippen molar-refractivity contribution in [3.63, 3.8) is 0 Å². The van der Waals surface area contributed by atoms with Gasteiger partial charge in [-0.3, -0.25) is 10.1 Å². The Morgan fingerprint density at radius 3 is 2.17 bits per heavy atom.